The second-order valence-corrected chi connectivity index (χ2v) is 8.94. The van der Waals surface area contributed by atoms with E-state index in [-0.39, 0.29) is 65.4 Å². The number of hydrogen-bond donors (Lipinski definition) is 6. The number of nitrogens with zero attached hydrogens (tertiary/aromatic N) is 4. The molecule has 1 aliphatic rings. The van der Waals surface area contributed by atoms with Crippen molar-refractivity contribution in [3.63, 3.8) is 0 Å². The summed E-state index contributed by atoms with van der Waals surface area (Å²) < 4.78 is 11.5. The highest BCUT2D eigenvalue weighted by Crippen LogP contribution is 2.34. The maximum absolute atomic E-state index is 11.6. The van der Waals surface area contributed by atoms with E-state index in [2.05, 4.69) is 5.32 Å². The van der Waals surface area contributed by atoms with Crippen LogP contribution in [0.15, 0.2) is 0 Å². The molecule has 31 heavy (non-hydrogen) atoms. The second-order valence-electron chi connectivity index (χ2n) is 7.33. The Hall–Kier alpha value is -1.64. The van der Waals surface area contributed by atoms with Gasteiger partial charge in [-0.05, 0) is 7.05 Å². The van der Waals surface area contributed by atoms with E-state index in [0.717, 1.165) is 0 Å². The van der Waals surface area contributed by atoms with E-state index < -0.39 is 38.0 Å². The molecule has 14 nitrogen and oxygen atoms in total. The van der Waals surface area contributed by atoms with Gasteiger partial charge in [0.2, 0.25) is 0 Å². The van der Waals surface area contributed by atoms with Crippen molar-refractivity contribution in [3.05, 3.63) is 0 Å². The van der Waals surface area contributed by atoms with E-state index >= 15 is 0 Å². The fourth-order valence-electron chi connectivity index (χ4n) is 3.37. The van der Waals surface area contributed by atoms with E-state index in [9.17, 15) is 44.1 Å². The summed E-state index contributed by atoms with van der Waals surface area (Å²) in [6, 6.07) is 0. The molecular formula is C16H32N5O9P. The van der Waals surface area contributed by atoms with Crippen molar-refractivity contribution in [2.45, 2.75) is 6.17 Å². The molecule has 0 aromatic rings. The van der Waals surface area contributed by atoms with Gasteiger partial charge in [-0.3, -0.25) is 39.1 Å². The van der Waals surface area contributed by atoms with Gasteiger partial charge in [0.05, 0.1) is 13.1 Å². The molecule has 6 N–H and O–H groups in total. The summed E-state index contributed by atoms with van der Waals surface area (Å²) in [5.74, 6) is -3.26. The van der Waals surface area contributed by atoms with Crippen LogP contribution in [-0.4, -0.2) is 148 Å². The van der Waals surface area contributed by atoms with Gasteiger partial charge in [0.25, 0.3) is 0 Å². The minimum Gasteiger partial charge on any atom is -0.480 e. The average Bonchev–Trinajstić information content (AvgIpc) is 2.61. The first kappa shape index (κ1) is 27.4. The van der Waals surface area contributed by atoms with E-state index in [4.69, 9.17) is 0 Å². The lowest BCUT2D eigenvalue weighted by atomic mass is 10.3. The van der Waals surface area contributed by atoms with Gasteiger partial charge >= 0.3 is 25.5 Å². The summed E-state index contributed by atoms with van der Waals surface area (Å²) in [5.41, 5.74) is 0. The first-order valence-corrected chi connectivity index (χ1v) is 11.5. The van der Waals surface area contributed by atoms with E-state index in [0.29, 0.717) is 0 Å². The Morgan fingerprint density at radius 1 is 0.806 bits per heavy atom. The van der Waals surface area contributed by atoms with Crippen LogP contribution in [-0.2, 0) is 18.9 Å². The number of aliphatic carboxylic acids is 3. The summed E-state index contributed by atoms with van der Waals surface area (Å²) in [4.78, 5) is 58.9. The van der Waals surface area contributed by atoms with Crippen LogP contribution < -0.4 is 5.32 Å². The molecule has 0 saturated carbocycles. The van der Waals surface area contributed by atoms with Crippen molar-refractivity contribution in [2.24, 2.45) is 0 Å². The minimum atomic E-state index is -4.37. The number of likely N-dealkylation sites (N-methyl/N-ethyl adjacent to an activating group) is 1. The molecule has 1 fully saturated rings. The normalized spacial score (nSPS) is 20.5. The highest BCUT2D eigenvalue weighted by Gasteiger charge is 2.27. The zero-order chi connectivity index (χ0) is 23.6. The lowest BCUT2D eigenvalue weighted by molar-refractivity contribution is -0.145. The minimum absolute atomic E-state index is 0.160. The fourth-order valence-corrected chi connectivity index (χ4v) is 4.18. The van der Waals surface area contributed by atoms with E-state index in [1.165, 1.54) is 11.9 Å². The van der Waals surface area contributed by atoms with E-state index in [1.807, 2.05) is 0 Å². The molecular weight excluding hydrogens is 437 g/mol. The van der Waals surface area contributed by atoms with Crippen molar-refractivity contribution in [1.82, 2.24) is 24.9 Å². The molecule has 180 valence electrons. The molecule has 1 rings (SSSR count). The molecule has 0 radical (unpaired) electrons. The third kappa shape index (κ3) is 11.5. The number of carboxylic acids is 3. The Bertz CT molecular complexity index is 629. The van der Waals surface area contributed by atoms with Crippen molar-refractivity contribution < 1.29 is 44.1 Å². The lowest BCUT2D eigenvalue weighted by Crippen LogP contribution is -2.55. The molecule has 1 heterocycles. The predicted molar refractivity (Wildman–Crippen MR) is 109 cm³/mol. The Morgan fingerprint density at radius 2 is 1.19 bits per heavy atom. The molecule has 1 atom stereocenters. The highest BCUT2D eigenvalue weighted by atomic mass is 31.2. The molecule has 15 heteroatoms. The predicted octanol–water partition coefficient (Wildman–Crippen LogP) is -2.86. The zero-order valence-electron chi connectivity index (χ0n) is 17.5. The van der Waals surface area contributed by atoms with Crippen LogP contribution in [0.5, 0.6) is 0 Å². The largest absolute Gasteiger partial charge is 0.480 e. The number of nitrogens with one attached hydrogen (secondary N) is 1. The summed E-state index contributed by atoms with van der Waals surface area (Å²) in [6.45, 7) is 0.907. The van der Waals surface area contributed by atoms with Crippen LogP contribution in [0.25, 0.3) is 0 Å². The molecule has 1 unspecified atom stereocenters. The molecule has 0 aromatic heterocycles. The van der Waals surface area contributed by atoms with Gasteiger partial charge in [-0.1, -0.05) is 0 Å². The average molecular weight is 469 g/mol. The summed E-state index contributed by atoms with van der Waals surface area (Å²) in [7, 11) is -2.89. The van der Waals surface area contributed by atoms with Crippen LogP contribution in [0.4, 0.5) is 0 Å². The van der Waals surface area contributed by atoms with Gasteiger partial charge in [0.15, 0.2) is 6.17 Å². The molecule has 0 bridgehead atoms. The van der Waals surface area contributed by atoms with Crippen LogP contribution in [0.2, 0.25) is 0 Å². The van der Waals surface area contributed by atoms with Gasteiger partial charge < -0.3 is 25.1 Å². The third-order valence-electron chi connectivity index (χ3n) is 4.85. The van der Waals surface area contributed by atoms with E-state index in [1.54, 1.807) is 14.7 Å². The Balaban J connectivity index is 3.08. The van der Waals surface area contributed by atoms with Crippen molar-refractivity contribution in [3.8, 4) is 0 Å². The van der Waals surface area contributed by atoms with Crippen LogP contribution >= 0.6 is 7.60 Å². The molecule has 1 aliphatic heterocycles. The standard InChI is InChI=1S/C16H32N5O9P/c1-17-15(16(26)27)21-8-6-18(10-13(22)23)2-4-20(12-31(28,29)30)5-3-19(7-9-21)11-14(24)25/h15,17H,2-12H2,1H3,(H,22,23)(H,24,25)(H,26,27)(H2,28,29,30). The molecule has 0 spiro atoms. The molecule has 0 amide bonds. The Morgan fingerprint density at radius 3 is 1.52 bits per heavy atom. The number of carbonyl (C=O) groups is 3. The lowest BCUT2D eigenvalue weighted by Gasteiger charge is -2.35. The number of hydrogen-bond acceptors (Lipinski definition) is 9. The first-order valence-electron chi connectivity index (χ1n) is 9.70. The quantitative estimate of drug-likeness (QED) is 0.189. The maximum Gasteiger partial charge on any atom is 0.339 e. The van der Waals surface area contributed by atoms with Crippen LogP contribution in [0, 0.1) is 0 Å². The van der Waals surface area contributed by atoms with Crippen molar-refractivity contribution in [2.75, 3.05) is 78.8 Å². The molecule has 0 aromatic carbocycles. The topological polar surface area (TPSA) is 194 Å². The smallest absolute Gasteiger partial charge is 0.339 e. The first-order chi connectivity index (χ1) is 14.4. The number of carboxylic acid groups (broad SMARTS) is 3. The van der Waals surface area contributed by atoms with Gasteiger partial charge in [-0.25, -0.2) is 4.79 Å². The van der Waals surface area contributed by atoms with Gasteiger partial charge in [-0.15, -0.1) is 0 Å². The maximum atomic E-state index is 11.6. The Kier molecular flexibility index (Phi) is 11.5. The summed E-state index contributed by atoms with van der Waals surface area (Å²) in [5, 5.41) is 30.5. The zero-order valence-corrected chi connectivity index (χ0v) is 18.4. The highest BCUT2D eigenvalue weighted by molar-refractivity contribution is 7.51. The monoisotopic (exact) mass is 469 g/mol. The van der Waals surface area contributed by atoms with Crippen molar-refractivity contribution >= 4 is 25.5 Å². The SMILES string of the molecule is CNC(C(=O)O)N1CCN(CC(=O)O)CCN(CP(=O)(O)O)CCN(CC(=O)O)CC1. The van der Waals surface area contributed by atoms with Crippen LogP contribution in [0.1, 0.15) is 0 Å². The molecule has 1 saturated heterocycles. The summed E-state index contributed by atoms with van der Waals surface area (Å²) in [6.07, 6.45) is -1.56. The van der Waals surface area contributed by atoms with Gasteiger partial charge in [-0.2, -0.15) is 0 Å². The number of rotatable bonds is 9. The van der Waals surface area contributed by atoms with Crippen LogP contribution in [0.3, 0.4) is 0 Å². The fraction of sp³-hybridized carbons (Fsp3) is 0.812. The second kappa shape index (κ2) is 13.0. The van der Waals surface area contributed by atoms with Crippen molar-refractivity contribution in [1.29, 1.82) is 0 Å². The Labute approximate surface area is 180 Å². The van der Waals surface area contributed by atoms with Gasteiger partial charge in [0, 0.05) is 52.4 Å². The summed E-state index contributed by atoms with van der Waals surface area (Å²) >= 11 is 0. The third-order valence-corrected chi connectivity index (χ3v) is 5.61. The molecule has 0 aliphatic carbocycles. The van der Waals surface area contributed by atoms with Gasteiger partial charge in [0.1, 0.15) is 6.29 Å².